The maximum atomic E-state index is 13.6. The number of benzene rings is 1. The van der Waals surface area contributed by atoms with Crippen molar-refractivity contribution in [1.29, 1.82) is 0 Å². The SMILES string of the molecule is CNC(=O)c1cc(-n2ncc3cc(Nc4cccc(F)c4Cl)ncc32)cs1. The topological polar surface area (TPSA) is 71.8 Å². The molecule has 4 rings (SSSR count). The summed E-state index contributed by atoms with van der Waals surface area (Å²) in [6.07, 6.45) is 3.36. The minimum Gasteiger partial charge on any atom is -0.354 e. The molecule has 136 valence electrons. The van der Waals surface area contributed by atoms with E-state index in [-0.39, 0.29) is 10.9 Å². The van der Waals surface area contributed by atoms with E-state index in [1.165, 1.54) is 17.4 Å². The molecule has 0 aliphatic heterocycles. The lowest BCUT2D eigenvalue weighted by molar-refractivity contribution is 0.0967. The van der Waals surface area contributed by atoms with Crippen molar-refractivity contribution in [3.63, 3.8) is 0 Å². The fraction of sp³-hybridized carbons (Fsp3) is 0.0556. The van der Waals surface area contributed by atoms with Crippen LogP contribution in [0.2, 0.25) is 5.02 Å². The van der Waals surface area contributed by atoms with Gasteiger partial charge in [-0.25, -0.2) is 14.1 Å². The zero-order chi connectivity index (χ0) is 19.0. The van der Waals surface area contributed by atoms with Crippen molar-refractivity contribution in [3.8, 4) is 5.69 Å². The fourth-order valence-electron chi connectivity index (χ4n) is 2.62. The quantitative estimate of drug-likeness (QED) is 0.532. The maximum Gasteiger partial charge on any atom is 0.261 e. The third-order valence-electron chi connectivity index (χ3n) is 3.95. The van der Waals surface area contributed by atoms with E-state index in [0.29, 0.717) is 16.4 Å². The first-order chi connectivity index (χ1) is 13.1. The predicted octanol–water partition coefficient (Wildman–Crippen LogP) is 4.38. The van der Waals surface area contributed by atoms with Gasteiger partial charge in [0, 0.05) is 17.8 Å². The minimum absolute atomic E-state index is 0.00935. The number of halogens is 2. The zero-order valence-corrected chi connectivity index (χ0v) is 15.6. The molecule has 0 spiro atoms. The molecule has 0 atom stereocenters. The van der Waals surface area contributed by atoms with Gasteiger partial charge in [-0.05, 0) is 24.3 Å². The van der Waals surface area contributed by atoms with Gasteiger partial charge >= 0.3 is 0 Å². The third kappa shape index (κ3) is 3.24. The zero-order valence-electron chi connectivity index (χ0n) is 14.0. The molecule has 9 heteroatoms. The van der Waals surface area contributed by atoms with Crippen LogP contribution in [-0.4, -0.2) is 27.7 Å². The van der Waals surface area contributed by atoms with Crippen LogP contribution in [0, 0.1) is 5.82 Å². The number of pyridine rings is 1. The molecule has 4 aromatic rings. The lowest BCUT2D eigenvalue weighted by Gasteiger charge is -2.08. The van der Waals surface area contributed by atoms with Gasteiger partial charge in [0.25, 0.3) is 5.91 Å². The number of carbonyl (C=O) groups is 1. The van der Waals surface area contributed by atoms with Crippen molar-refractivity contribution in [3.05, 3.63) is 63.8 Å². The van der Waals surface area contributed by atoms with Gasteiger partial charge < -0.3 is 10.6 Å². The molecule has 0 aliphatic rings. The first-order valence-electron chi connectivity index (χ1n) is 7.92. The molecule has 2 N–H and O–H groups in total. The Bertz CT molecular complexity index is 1160. The molecule has 3 heterocycles. The first-order valence-corrected chi connectivity index (χ1v) is 9.18. The van der Waals surface area contributed by atoms with Gasteiger partial charge in [0.05, 0.1) is 39.2 Å². The summed E-state index contributed by atoms with van der Waals surface area (Å²) < 4.78 is 15.3. The fourth-order valence-corrected chi connectivity index (χ4v) is 3.60. The van der Waals surface area contributed by atoms with Gasteiger partial charge in [-0.1, -0.05) is 17.7 Å². The number of carbonyl (C=O) groups excluding carboxylic acids is 1. The molecular formula is C18H13ClFN5OS. The van der Waals surface area contributed by atoms with E-state index in [1.807, 2.05) is 5.38 Å². The number of rotatable bonds is 4. The summed E-state index contributed by atoms with van der Waals surface area (Å²) in [5, 5.41) is 12.7. The van der Waals surface area contributed by atoms with Crippen LogP contribution in [0.15, 0.2) is 48.1 Å². The van der Waals surface area contributed by atoms with Crippen molar-refractivity contribution in [2.75, 3.05) is 12.4 Å². The molecular weight excluding hydrogens is 389 g/mol. The van der Waals surface area contributed by atoms with E-state index >= 15 is 0 Å². The Kier molecular flexibility index (Phi) is 4.51. The van der Waals surface area contributed by atoms with Gasteiger partial charge in [0.2, 0.25) is 0 Å². The van der Waals surface area contributed by atoms with Crippen LogP contribution in [0.5, 0.6) is 0 Å². The van der Waals surface area contributed by atoms with Crippen LogP contribution in [-0.2, 0) is 0 Å². The number of aromatic nitrogens is 3. The number of nitrogens with one attached hydrogen (secondary N) is 2. The number of amides is 1. The molecule has 0 aliphatic carbocycles. The number of anilines is 2. The van der Waals surface area contributed by atoms with Crippen LogP contribution in [0.1, 0.15) is 9.67 Å². The number of hydrogen-bond donors (Lipinski definition) is 2. The smallest absolute Gasteiger partial charge is 0.261 e. The molecule has 0 radical (unpaired) electrons. The summed E-state index contributed by atoms with van der Waals surface area (Å²) in [5.74, 6) is -0.120. The molecule has 3 aromatic heterocycles. The number of hydrogen-bond acceptors (Lipinski definition) is 5. The monoisotopic (exact) mass is 401 g/mol. The highest BCUT2D eigenvalue weighted by molar-refractivity contribution is 7.12. The van der Waals surface area contributed by atoms with Crippen LogP contribution in [0.25, 0.3) is 16.6 Å². The molecule has 0 saturated heterocycles. The highest BCUT2D eigenvalue weighted by Crippen LogP contribution is 2.29. The lowest BCUT2D eigenvalue weighted by atomic mass is 10.3. The second-order valence-corrected chi connectivity index (χ2v) is 6.95. The van der Waals surface area contributed by atoms with E-state index in [4.69, 9.17) is 11.6 Å². The summed E-state index contributed by atoms with van der Waals surface area (Å²) in [6.45, 7) is 0. The van der Waals surface area contributed by atoms with E-state index in [2.05, 4.69) is 20.7 Å². The highest BCUT2D eigenvalue weighted by Gasteiger charge is 2.12. The maximum absolute atomic E-state index is 13.6. The van der Waals surface area contributed by atoms with Crippen molar-refractivity contribution in [2.45, 2.75) is 0 Å². The van der Waals surface area contributed by atoms with Gasteiger partial charge in [-0.15, -0.1) is 11.3 Å². The van der Waals surface area contributed by atoms with Crippen molar-refractivity contribution >= 4 is 51.3 Å². The normalized spacial score (nSPS) is 10.9. The molecule has 27 heavy (non-hydrogen) atoms. The van der Waals surface area contributed by atoms with E-state index < -0.39 is 5.82 Å². The van der Waals surface area contributed by atoms with Gasteiger partial charge in [-0.3, -0.25) is 4.79 Å². The second kappa shape index (κ2) is 6.98. The Morgan fingerprint density at radius 3 is 2.96 bits per heavy atom. The summed E-state index contributed by atoms with van der Waals surface area (Å²) >= 11 is 7.31. The summed E-state index contributed by atoms with van der Waals surface area (Å²) in [7, 11) is 1.59. The van der Waals surface area contributed by atoms with Crippen LogP contribution >= 0.6 is 22.9 Å². The molecule has 0 saturated carbocycles. The Morgan fingerprint density at radius 1 is 1.30 bits per heavy atom. The van der Waals surface area contributed by atoms with E-state index in [9.17, 15) is 9.18 Å². The molecule has 1 aromatic carbocycles. The van der Waals surface area contributed by atoms with Gasteiger partial charge in [-0.2, -0.15) is 5.10 Å². The Morgan fingerprint density at radius 2 is 2.15 bits per heavy atom. The first kappa shape index (κ1) is 17.4. The van der Waals surface area contributed by atoms with Crippen LogP contribution in [0.3, 0.4) is 0 Å². The van der Waals surface area contributed by atoms with Gasteiger partial charge in [0.1, 0.15) is 11.6 Å². The molecule has 0 bridgehead atoms. The summed E-state index contributed by atoms with van der Waals surface area (Å²) in [4.78, 5) is 16.7. The molecule has 0 fully saturated rings. The molecule has 1 amide bonds. The highest BCUT2D eigenvalue weighted by atomic mass is 35.5. The average Bonchev–Trinajstić information content (AvgIpc) is 3.31. The lowest BCUT2D eigenvalue weighted by Crippen LogP contribution is -2.16. The Labute approximate surface area is 162 Å². The van der Waals surface area contributed by atoms with E-state index in [1.54, 1.807) is 48.4 Å². The predicted molar refractivity (Wildman–Crippen MR) is 105 cm³/mol. The van der Waals surface area contributed by atoms with Crippen molar-refractivity contribution < 1.29 is 9.18 Å². The van der Waals surface area contributed by atoms with Crippen molar-refractivity contribution in [1.82, 2.24) is 20.1 Å². The molecule has 6 nitrogen and oxygen atoms in total. The Balaban J connectivity index is 1.66. The standard InChI is InChI=1S/C18H13ClFN5OS/c1-21-18(26)15-6-11(9-27-15)25-14-8-22-16(5-10(14)7-23-25)24-13-4-2-3-12(20)17(13)19/h2-9H,1H3,(H,21,26)(H,22,24). The minimum atomic E-state index is -0.500. The molecule has 0 unspecified atom stereocenters. The summed E-state index contributed by atoms with van der Waals surface area (Å²) in [5.41, 5.74) is 2.00. The average molecular weight is 402 g/mol. The number of thiophene rings is 1. The van der Waals surface area contributed by atoms with E-state index in [0.717, 1.165) is 16.6 Å². The van der Waals surface area contributed by atoms with Crippen LogP contribution < -0.4 is 10.6 Å². The largest absolute Gasteiger partial charge is 0.354 e. The summed E-state index contributed by atoms with van der Waals surface area (Å²) in [6, 6.07) is 8.11. The third-order valence-corrected chi connectivity index (χ3v) is 5.25. The van der Waals surface area contributed by atoms with Crippen LogP contribution in [0.4, 0.5) is 15.9 Å². The number of fused-ring (bicyclic) bond motifs is 1. The van der Waals surface area contributed by atoms with Gasteiger partial charge in [0.15, 0.2) is 0 Å². The Hall–Kier alpha value is -2.97. The number of nitrogens with zero attached hydrogens (tertiary/aromatic N) is 3. The van der Waals surface area contributed by atoms with Crippen molar-refractivity contribution in [2.24, 2.45) is 0 Å². The second-order valence-electron chi connectivity index (χ2n) is 5.66.